The lowest BCUT2D eigenvalue weighted by atomic mass is 10.3. The highest BCUT2D eigenvalue weighted by Crippen LogP contribution is 2.28. The van der Waals surface area contributed by atoms with E-state index in [0.29, 0.717) is 11.6 Å². The number of pyridine rings is 1. The number of aromatic nitrogens is 1. The van der Waals surface area contributed by atoms with Gasteiger partial charge in [-0.1, -0.05) is 23.7 Å². The first-order valence-electron chi connectivity index (χ1n) is 6.39. The minimum atomic E-state index is 0.357. The summed E-state index contributed by atoms with van der Waals surface area (Å²) in [5.41, 5.74) is 0.737. The van der Waals surface area contributed by atoms with Gasteiger partial charge in [0.25, 0.3) is 0 Å². The van der Waals surface area contributed by atoms with Gasteiger partial charge in [-0.05, 0) is 37.4 Å². The molecular formula is C15H17ClN2OS. The topological polar surface area (TPSA) is 34.1 Å². The van der Waals surface area contributed by atoms with Gasteiger partial charge in [-0.3, -0.25) is 0 Å². The van der Waals surface area contributed by atoms with E-state index in [2.05, 4.69) is 10.3 Å². The first kappa shape index (κ1) is 15.0. The van der Waals surface area contributed by atoms with Gasteiger partial charge in [-0.15, -0.1) is 11.8 Å². The van der Waals surface area contributed by atoms with Crippen LogP contribution in [-0.2, 0) is 6.61 Å². The number of ether oxygens (including phenoxy) is 1. The van der Waals surface area contributed by atoms with E-state index >= 15 is 0 Å². The molecule has 0 aliphatic carbocycles. The quantitative estimate of drug-likeness (QED) is 0.799. The van der Waals surface area contributed by atoms with Crippen molar-refractivity contribution in [3.05, 3.63) is 47.1 Å². The summed E-state index contributed by atoms with van der Waals surface area (Å²) in [6.07, 6.45) is 2.03. The van der Waals surface area contributed by atoms with Crippen LogP contribution in [0.2, 0.25) is 5.02 Å². The molecule has 1 aromatic carbocycles. The smallest absolute Gasteiger partial charge is 0.133 e. The molecule has 2 rings (SSSR count). The second-order valence-electron chi connectivity index (χ2n) is 4.09. The standard InChI is InChI=1S/C15H17ClN2OS/c1-3-17-15-9-8-11(16)12(18-15)10-19-13-6-4-5-7-14(13)20-2/h4-9H,3,10H2,1-2H3,(H,17,18). The highest BCUT2D eigenvalue weighted by molar-refractivity contribution is 7.98. The molecule has 2 aromatic rings. The van der Waals surface area contributed by atoms with Crippen LogP contribution < -0.4 is 10.1 Å². The van der Waals surface area contributed by atoms with Gasteiger partial charge in [0.15, 0.2) is 0 Å². The Labute approximate surface area is 128 Å². The molecule has 0 amide bonds. The normalized spacial score (nSPS) is 10.3. The molecule has 0 radical (unpaired) electrons. The number of benzene rings is 1. The van der Waals surface area contributed by atoms with E-state index in [0.717, 1.165) is 28.7 Å². The predicted molar refractivity (Wildman–Crippen MR) is 86.0 cm³/mol. The van der Waals surface area contributed by atoms with Crippen LogP contribution in [0.15, 0.2) is 41.3 Å². The highest BCUT2D eigenvalue weighted by atomic mass is 35.5. The van der Waals surface area contributed by atoms with Gasteiger partial charge in [-0.2, -0.15) is 0 Å². The van der Waals surface area contributed by atoms with Crippen molar-refractivity contribution in [1.29, 1.82) is 0 Å². The van der Waals surface area contributed by atoms with Gasteiger partial charge >= 0.3 is 0 Å². The zero-order chi connectivity index (χ0) is 14.4. The monoisotopic (exact) mass is 308 g/mol. The number of rotatable bonds is 6. The van der Waals surface area contributed by atoms with Crippen LogP contribution in [0.3, 0.4) is 0 Å². The summed E-state index contributed by atoms with van der Waals surface area (Å²) in [4.78, 5) is 5.56. The van der Waals surface area contributed by atoms with Crippen molar-refractivity contribution >= 4 is 29.2 Å². The summed E-state index contributed by atoms with van der Waals surface area (Å²) < 4.78 is 5.83. The number of para-hydroxylation sites is 1. The van der Waals surface area contributed by atoms with E-state index in [-0.39, 0.29) is 0 Å². The lowest BCUT2D eigenvalue weighted by Gasteiger charge is -2.11. The average Bonchev–Trinajstić information content (AvgIpc) is 2.48. The molecule has 0 fully saturated rings. The van der Waals surface area contributed by atoms with E-state index in [1.54, 1.807) is 11.8 Å². The molecule has 1 N–H and O–H groups in total. The summed E-state index contributed by atoms with van der Waals surface area (Å²) in [5.74, 6) is 1.67. The van der Waals surface area contributed by atoms with Crippen molar-refractivity contribution in [2.75, 3.05) is 18.1 Å². The predicted octanol–water partition coefficient (Wildman–Crippen LogP) is 4.47. The lowest BCUT2D eigenvalue weighted by molar-refractivity contribution is 0.294. The number of hydrogen-bond acceptors (Lipinski definition) is 4. The minimum Gasteiger partial charge on any atom is -0.486 e. The summed E-state index contributed by atoms with van der Waals surface area (Å²) in [6, 6.07) is 11.6. The first-order valence-corrected chi connectivity index (χ1v) is 8.00. The van der Waals surface area contributed by atoms with Crippen LogP contribution in [0.1, 0.15) is 12.6 Å². The molecule has 0 spiro atoms. The van der Waals surface area contributed by atoms with Crippen LogP contribution >= 0.6 is 23.4 Å². The van der Waals surface area contributed by atoms with Gasteiger partial charge < -0.3 is 10.1 Å². The molecular weight excluding hydrogens is 292 g/mol. The molecule has 0 unspecified atom stereocenters. The van der Waals surface area contributed by atoms with Gasteiger partial charge in [-0.25, -0.2) is 4.98 Å². The Bertz CT molecular complexity index is 578. The first-order chi connectivity index (χ1) is 9.74. The summed E-state index contributed by atoms with van der Waals surface area (Å²) in [5, 5.41) is 3.79. The van der Waals surface area contributed by atoms with Crippen LogP contribution in [0.4, 0.5) is 5.82 Å². The molecule has 0 aliphatic rings. The van der Waals surface area contributed by atoms with E-state index in [9.17, 15) is 0 Å². The largest absolute Gasteiger partial charge is 0.486 e. The third-order valence-electron chi connectivity index (χ3n) is 2.71. The minimum absolute atomic E-state index is 0.357. The van der Waals surface area contributed by atoms with Crippen molar-refractivity contribution in [1.82, 2.24) is 4.98 Å². The molecule has 0 bridgehead atoms. The third kappa shape index (κ3) is 3.81. The molecule has 3 nitrogen and oxygen atoms in total. The Kier molecular flexibility index (Phi) is 5.56. The van der Waals surface area contributed by atoms with Gasteiger partial charge in [0, 0.05) is 11.4 Å². The van der Waals surface area contributed by atoms with Crippen LogP contribution in [-0.4, -0.2) is 17.8 Å². The van der Waals surface area contributed by atoms with Crippen LogP contribution in [0.25, 0.3) is 0 Å². The summed E-state index contributed by atoms with van der Waals surface area (Å²) in [6.45, 7) is 3.21. The van der Waals surface area contributed by atoms with E-state index in [1.165, 1.54) is 0 Å². The zero-order valence-electron chi connectivity index (χ0n) is 11.5. The maximum Gasteiger partial charge on any atom is 0.133 e. The van der Waals surface area contributed by atoms with Crippen molar-refractivity contribution in [3.8, 4) is 5.75 Å². The Morgan fingerprint density at radius 3 is 2.80 bits per heavy atom. The van der Waals surface area contributed by atoms with Crippen molar-refractivity contribution in [3.63, 3.8) is 0 Å². The van der Waals surface area contributed by atoms with Crippen LogP contribution in [0, 0.1) is 0 Å². The van der Waals surface area contributed by atoms with Gasteiger partial charge in [0.05, 0.1) is 10.7 Å². The zero-order valence-corrected chi connectivity index (χ0v) is 13.1. The number of nitrogens with zero attached hydrogens (tertiary/aromatic N) is 1. The molecule has 20 heavy (non-hydrogen) atoms. The second-order valence-corrected chi connectivity index (χ2v) is 5.35. The van der Waals surface area contributed by atoms with Crippen molar-refractivity contribution in [2.45, 2.75) is 18.4 Å². The molecule has 1 heterocycles. The molecule has 0 aliphatic heterocycles. The maximum absolute atomic E-state index is 6.16. The van der Waals surface area contributed by atoms with Crippen molar-refractivity contribution < 1.29 is 4.74 Å². The van der Waals surface area contributed by atoms with Crippen LogP contribution in [0.5, 0.6) is 5.75 Å². The number of nitrogens with one attached hydrogen (secondary N) is 1. The van der Waals surface area contributed by atoms with Crippen molar-refractivity contribution in [2.24, 2.45) is 0 Å². The number of anilines is 1. The molecule has 1 aromatic heterocycles. The van der Waals surface area contributed by atoms with Gasteiger partial charge in [0.1, 0.15) is 18.2 Å². The number of halogens is 1. The number of hydrogen-bond donors (Lipinski definition) is 1. The average molecular weight is 309 g/mol. The van der Waals surface area contributed by atoms with E-state index in [4.69, 9.17) is 16.3 Å². The Morgan fingerprint density at radius 2 is 2.05 bits per heavy atom. The summed E-state index contributed by atoms with van der Waals surface area (Å²) >= 11 is 7.82. The second kappa shape index (κ2) is 7.41. The molecule has 0 saturated heterocycles. The van der Waals surface area contributed by atoms with E-state index < -0.39 is 0 Å². The Balaban J connectivity index is 2.12. The summed E-state index contributed by atoms with van der Waals surface area (Å²) in [7, 11) is 0. The number of thioether (sulfide) groups is 1. The Morgan fingerprint density at radius 1 is 1.25 bits per heavy atom. The maximum atomic E-state index is 6.16. The molecule has 0 saturated carbocycles. The molecule has 5 heteroatoms. The fraction of sp³-hybridized carbons (Fsp3) is 0.267. The lowest BCUT2D eigenvalue weighted by Crippen LogP contribution is -2.04. The highest BCUT2D eigenvalue weighted by Gasteiger charge is 2.07. The van der Waals surface area contributed by atoms with E-state index in [1.807, 2.05) is 49.6 Å². The molecule has 0 atom stereocenters. The van der Waals surface area contributed by atoms with Gasteiger partial charge in [0.2, 0.25) is 0 Å². The Hall–Kier alpha value is -1.39. The fourth-order valence-corrected chi connectivity index (χ4v) is 2.45. The fourth-order valence-electron chi connectivity index (χ4n) is 1.75. The molecule has 106 valence electrons. The third-order valence-corrected chi connectivity index (χ3v) is 3.83. The SMILES string of the molecule is CCNc1ccc(Cl)c(COc2ccccc2SC)n1.